The molecule has 2 aromatic carbocycles. The number of benzene rings is 2. The summed E-state index contributed by atoms with van der Waals surface area (Å²) in [4.78, 5) is 11.1. The molecule has 0 atom stereocenters. The maximum atomic E-state index is 13.9. The Balaban J connectivity index is 2.30. The van der Waals surface area contributed by atoms with Crippen molar-refractivity contribution in [2.24, 2.45) is 0 Å². The maximum absolute atomic E-state index is 13.9. The van der Waals surface area contributed by atoms with Gasteiger partial charge in [0.1, 0.15) is 5.82 Å². The minimum Gasteiger partial charge on any atom is -0.466 e. The number of rotatable bonds is 5. The molecule has 0 heterocycles. The van der Waals surface area contributed by atoms with Crippen LogP contribution in [0.4, 0.5) is 10.1 Å². The van der Waals surface area contributed by atoms with Crippen molar-refractivity contribution in [3.05, 3.63) is 65.5 Å². The number of carbonyl (C=O) groups is 1. The molecular formula is C17H16FNO4S. The smallest absolute Gasteiger partial charge is 0.330 e. The van der Waals surface area contributed by atoms with Crippen molar-refractivity contribution < 1.29 is 22.3 Å². The number of ether oxygens (including phenoxy) is 1. The molecule has 126 valence electrons. The van der Waals surface area contributed by atoms with Gasteiger partial charge < -0.3 is 4.74 Å². The van der Waals surface area contributed by atoms with Crippen LogP contribution < -0.4 is 4.72 Å². The SMILES string of the molecule is COC(=O)C=Cc1ccc(F)c(NS(=O)(=O)c2ccc(C)cc2)c1. The second-order valence-corrected chi connectivity index (χ2v) is 6.70. The molecule has 0 saturated heterocycles. The Labute approximate surface area is 139 Å². The lowest BCUT2D eigenvalue weighted by Crippen LogP contribution is -2.14. The third-order valence-corrected chi connectivity index (χ3v) is 4.56. The standard InChI is InChI=1S/C17H16FNO4S/c1-12-3-7-14(8-4-12)24(21,22)19-16-11-13(5-9-15(16)18)6-10-17(20)23-2/h3-11,19H,1-2H3. The van der Waals surface area contributed by atoms with Crippen LogP contribution in [0.25, 0.3) is 6.08 Å². The number of methoxy groups -OCH3 is 1. The predicted octanol–water partition coefficient (Wildman–Crippen LogP) is 3.12. The molecule has 0 aromatic heterocycles. The summed E-state index contributed by atoms with van der Waals surface area (Å²) in [5.74, 6) is -1.29. The van der Waals surface area contributed by atoms with Crippen LogP contribution in [0.15, 0.2) is 53.4 Å². The molecule has 0 aliphatic carbocycles. The zero-order valence-corrected chi connectivity index (χ0v) is 13.9. The van der Waals surface area contributed by atoms with E-state index >= 15 is 0 Å². The van der Waals surface area contributed by atoms with Gasteiger partial charge in [0.25, 0.3) is 10.0 Å². The van der Waals surface area contributed by atoms with Gasteiger partial charge in [-0.3, -0.25) is 4.72 Å². The van der Waals surface area contributed by atoms with Gasteiger partial charge in [0, 0.05) is 6.08 Å². The van der Waals surface area contributed by atoms with E-state index in [1.54, 1.807) is 12.1 Å². The van der Waals surface area contributed by atoms with Crippen molar-refractivity contribution in [3.63, 3.8) is 0 Å². The van der Waals surface area contributed by atoms with E-state index in [1.807, 2.05) is 6.92 Å². The lowest BCUT2D eigenvalue weighted by Gasteiger charge is -2.10. The van der Waals surface area contributed by atoms with Gasteiger partial charge in [0.15, 0.2) is 0 Å². The van der Waals surface area contributed by atoms with Crippen LogP contribution in [0, 0.1) is 12.7 Å². The first-order valence-electron chi connectivity index (χ1n) is 6.97. The zero-order valence-electron chi connectivity index (χ0n) is 13.1. The normalized spacial score (nSPS) is 11.5. The number of hydrogen-bond donors (Lipinski definition) is 1. The highest BCUT2D eigenvalue weighted by Crippen LogP contribution is 2.21. The summed E-state index contributed by atoms with van der Waals surface area (Å²) in [6, 6.07) is 10.0. The Morgan fingerprint density at radius 2 is 1.83 bits per heavy atom. The third kappa shape index (κ3) is 4.42. The van der Waals surface area contributed by atoms with Crippen molar-refractivity contribution in [2.45, 2.75) is 11.8 Å². The molecule has 7 heteroatoms. The van der Waals surface area contributed by atoms with Crippen LogP contribution in [0.3, 0.4) is 0 Å². The van der Waals surface area contributed by atoms with Gasteiger partial charge in [-0.25, -0.2) is 17.6 Å². The molecule has 0 bridgehead atoms. The van der Waals surface area contributed by atoms with Crippen LogP contribution in [0.1, 0.15) is 11.1 Å². The summed E-state index contributed by atoms with van der Waals surface area (Å²) in [6.07, 6.45) is 2.56. The Morgan fingerprint density at radius 1 is 1.17 bits per heavy atom. The number of aryl methyl sites for hydroxylation is 1. The molecule has 0 radical (unpaired) electrons. The molecule has 0 aliphatic heterocycles. The largest absolute Gasteiger partial charge is 0.466 e. The summed E-state index contributed by atoms with van der Waals surface area (Å²) < 4.78 is 45.2. The highest BCUT2D eigenvalue weighted by Gasteiger charge is 2.16. The highest BCUT2D eigenvalue weighted by atomic mass is 32.2. The van der Waals surface area contributed by atoms with Gasteiger partial charge in [-0.2, -0.15) is 0 Å². The number of carbonyl (C=O) groups excluding carboxylic acids is 1. The molecule has 2 rings (SSSR count). The molecule has 0 unspecified atom stereocenters. The minimum absolute atomic E-state index is 0.0306. The van der Waals surface area contributed by atoms with Crippen molar-refractivity contribution >= 4 is 27.8 Å². The Kier molecular flexibility index (Phi) is 5.35. The van der Waals surface area contributed by atoms with E-state index in [4.69, 9.17) is 0 Å². The van der Waals surface area contributed by atoms with E-state index in [-0.39, 0.29) is 10.6 Å². The van der Waals surface area contributed by atoms with Gasteiger partial charge in [0.2, 0.25) is 0 Å². The van der Waals surface area contributed by atoms with E-state index in [2.05, 4.69) is 9.46 Å². The minimum atomic E-state index is -3.91. The number of nitrogens with one attached hydrogen (secondary N) is 1. The number of anilines is 1. The molecule has 0 aliphatic rings. The average Bonchev–Trinajstić information content (AvgIpc) is 2.55. The van der Waals surface area contributed by atoms with Crippen molar-refractivity contribution in [1.82, 2.24) is 0 Å². The van der Waals surface area contributed by atoms with Crippen LogP contribution in [0.2, 0.25) is 0 Å². The Morgan fingerprint density at radius 3 is 2.46 bits per heavy atom. The van der Waals surface area contributed by atoms with Crippen LogP contribution >= 0.6 is 0 Å². The molecule has 0 amide bonds. The van der Waals surface area contributed by atoms with E-state index in [9.17, 15) is 17.6 Å². The lowest BCUT2D eigenvalue weighted by molar-refractivity contribution is -0.134. The van der Waals surface area contributed by atoms with Crippen LogP contribution in [-0.2, 0) is 19.6 Å². The average molecular weight is 349 g/mol. The summed E-state index contributed by atoms with van der Waals surface area (Å²) >= 11 is 0. The Bertz CT molecular complexity index is 874. The zero-order chi connectivity index (χ0) is 17.7. The molecule has 5 nitrogen and oxygen atoms in total. The topological polar surface area (TPSA) is 72.5 Å². The second kappa shape index (κ2) is 7.27. The molecule has 0 saturated carbocycles. The van der Waals surface area contributed by atoms with Gasteiger partial charge in [-0.1, -0.05) is 23.8 Å². The first-order chi connectivity index (χ1) is 11.3. The van der Waals surface area contributed by atoms with Gasteiger partial charge in [-0.05, 0) is 42.8 Å². The summed E-state index contributed by atoms with van der Waals surface area (Å²) in [5, 5.41) is 0. The maximum Gasteiger partial charge on any atom is 0.330 e. The van der Waals surface area contributed by atoms with Crippen LogP contribution in [0.5, 0.6) is 0 Å². The first kappa shape index (κ1) is 17.7. The van der Waals surface area contributed by atoms with Crippen molar-refractivity contribution in [3.8, 4) is 0 Å². The second-order valence-electron chi connectivity index (χ2n) is 5.01. The van der Waals surface area contributed by atoms with Gasteiger partial charge >= 0.3 is 5.97 Å². The number of halogens is 1. The summed E-state index contributed by atoms with van der Waals surface area (Å²) in [5.41, 5.74) is 1.15. The Hall–Kier alpha value is -2.67. The van der Waals surface area contributed by atoms with E-state index in [0.717, 1.165) is 17.7 Å². The predicted molar refractivity (Wildman–Crippen MR) is 89.4 cm³/mol. The number of esters is 1. The molecule has 0 fully saturated rings. The summed E-state index contributed by atoms with van der Waals surface area (Å²) in [7, 11) is -2.68. The number of hydrogen-bond acceptors (Lipinski definition) is 4. The fourth-order valence-electron chi connectivity index (χ4n) is 1.88. The third-order valence-electron chi connectivity index (χ3n) is 3.18. The summed E-state index contributed by atoms with van der Waals surface area (Å²) in [6.45, 7) is 1.83. The van der Waals surface area contributed by atoms with E-state index in [0.29, 0.717) is 5.56 Å². The fraction of sp³-hybridized carbons (Fsp3) is 0.118. The van der Waals surface area contributed by atoms with E-state index in [1.165, 1.54) is 37.5 Å². The molecule has 2 aromatic rings. The highest BCUT2D eigenvalue weighted by molar-refractivity contribution is 7.92. The first-order valence-corrected chi connectivity index (χ1v) is 8.45. The molecule has 24 heavy (non-hydrogen) atoms. The van der Waals surface area contributed by atoms with Crippen LogP contribution in [-0.4, -0.2) is 21.5 Å². The fourth-order valence-corrected chi connectivity index (χ4v) is 2.94. The monoisotopic (exact) mass is 349 g/mol. The molecule has 1 N–H and O–H groups in total. The van der Waals surface area contributed by atoms with Crippen molar-refractivity contribution in [2.75, 3.05) is 11.8 Å². The molecular weight excluding hydrogens is 333 g/mol. The van der Waals surface area contributed by atoms with Crippen molar-refractivity contribution in [1.29, 1.82) is 0 Å². The van der Waals surface area contributed by atoms with E-state index < -0.39 is 21.8 Å². The number of sulfonamides is 1. The van der Waals surface area contributed by atoms with Gasteiger partial charge in [-0.15, -0.1) is 0 Å². The quantitative estimate of drug-likeness (QED) is 0.665. The lowest BCUT2D eigenvalue weighted by atomic mass is 10.2. The van der Waals surface area contributed by atoms with Gasteiger partial charge in [0.05, 0.1) is 17.7 Å². The molecule has 0 spiro atoms.